The summed E-state index contributed by atoms with van der Waals surface area (Å²) in [5.41, 5.74) is 0. The summed E-state index contributed by atoms with van der Waals surface area (Å²) >= 11 is 1.55. The number of hydrogen-bond acceptors (Lipinski definition) is 6. The highest BCUT2D eigenvalue weighted by molar-refractivity contribution is 7.13. The van der Waals surface area contributed by atoms with Gasteiger partial charge in [0.25, 0.3) is 5.91 Å². The minimum atomic E-state index is -0.188. The molecule has 0 aliphatic carbocycles. The van der Waals surface area contributed by atoms with Gasteiger partial charge in [0.05, 0.1) is 4.88 Å². The third-order valence-electron chi connectivity index (χ3n) is 2.98. The quantitative estimate of drug-likeness (QED) is 0.721. The van der Waals surface area contributed by atoms with E-state index in [1.807, 2.05) is 35.7 Å². The number of carbonyl (C=O) groups excluding carboxylic acids is 1. The van der Waals surface area contributed by atoms with E-state index in [-0.39, 0.29) is 12.5 Å². The molecule has 0 saturated heterocycles. The Balaban J connectivity index is 1.40. The number of amides is 1. The first-order valence-electron chi connectivity index (χ1n) is 7.12. The van der Waals surface area contributed by atoms with E-state index in [0.29, 0.717) is 30.4 Å². The average Bonchev–Trinajstić information content (AvgIpc) is 3.25. The Kier molecular flexibility index (Phi) is 5.00. The predicted octanol–water partition coefficient (Wildman–Crippen LogP) is 2.54. The zero-order valence-corrected chi connectivity index (χ0v) is 13.1. The lowest BCUT2D eigenvalue weighted by Gasteiger charge is -2.06. The van der Waals surface area contributed by atoms with Crippen molar-refractivity contribution in [2.45, 2.75) is 6.42 Å². The van der Waals surface area contributed by atoms with Crippen molar-refractivity contribution in [3.8, 4) is 16.5 Å². The number of nitrogens with zero attached hydrogens (tertiary/aromatic N) is 2. The van der Waals surface area contributed by atoms with Gasteiger partial charge in [0.1, 0.15) is 5.75 Å². The van der Waals surface area contributed by atoms with Crippen molar-refractivity contribution >= 4 is 17.2 Å². The number of benzene rings is 1. The zero-order chi connectivity index (χ0) is 15.9. The van der Waals surface area contributed by atoms with Crippen LogP contribution >= 0.6 is 11.3 Å². The van der Waals surface area contributed by atoms with Crippen LogP contribution in [0.4, 0.5) is 0 Å². The van der Waals surface area contributed by atoms with Crippen LogP contribution in [-0.4, -0.2) is 29.2 Å². The molecule has 118 valence electrons. The zero-order valence-electron chi connectivity index (χ0n) is 12.3. The molecule has 1 aromatic carbocycles. The summed E-state index contributed by atoms with van der Waals surface area (Å²) in [5, 5.41) is 8.63. The van der Waals surface area contributed by atoms with Crippen LogP contribution < -0.4 is 10.1 Å². The first kappa shape index (κ1) is 15.2. The standard InChI is InChI=1S/C16H15N3O3S/c20-14(11-21-12-5-2-1-3-6-12)17-9-8-15-18-16(19-22-15)13-7-4-10-23-13/h1-7,10H,8-9,11H2,(H,17,20). The highest BCUT2D eigenvalue weighted by atomic mass is 32.1. The maximum absolute atomic E-state index is 11.7. The van der Waals surface area contributed by atoms with Crippen LogP contribution in [-0.2, 0) is 11.2 Å². The molecule has 0 aliphatic rings. The summed E-state index contributed by atoms with van der Waals surface area (Å²) in [4.78, 5) is 16.9. The SMILES string of the molecule is O=C(COc1ccccc1)NCCc1nc(-c2cccs2)no1. The van der Waals surface area contributed by atoms with E-state index in [1.54, 1.807) is 23.5 Å². The maximum Gasteiger partial charge on any atom is 0.257 e. The lowest BCUT2D eigenvalue weighted by molar-refractivity contribution is -0.123. The number of carbonyl (C=O) groups is 1. The van der Waals surface area contributed by atoms with Gasteiger partial charge in [0, 0.05) is 13.0 Å². The normalized spacial score (nSPS) is 10.4. The van der Waals surface area contributed by atoms with Gasteiger partial charge in [0.15, 0.2) is 6.61 Å². The first-order valence-corrected chi connectivity index (χ1v) is 8.00. The highest BCUT2D eigenvalue weighted by Gasteiger charge is 2.09. The fraction of sp³-hybridized carbons (Fsp3) is 0.188. The van der Waals surface area contributed by atoms with E-state index in [9.17, 15) is 4.79 Å². The predicted molar refractivity (Wildman–Crippen MR) is 86.3 cm³/mol. The van der Waals surface area contributed by atoms with Gasteiger partial charge in [-0.15, -0.1) is 11.3 Å². The Morgan fingerprint density at radius 1 is 1.22 bits per heavy atom. The van der Waals surface area contributed by atoms with Gasteiger partial charge < -0.3 is 14.6 Å². The molecule has 1 amide bonds. The van der Waals surface area contributed by atoms with E-state index in [4.69, 9.17) is 9.26 Å². The lowest BCUT2D eigenvalue weighted by Crippen LogP contribution is -2.30. The molecule has 0 aliphatic heterocycles. The van der Waals surface area contributed by atoms with E-state index in [0.717, 1.165) is 4.88 Å². The number of aromatic nitrogens is 2. The van der Waals surface area contributed by atoms with Gasteiger partial charge in [-0.25, -0.2) is 0 Å². The van der Waals surface area contributed by atoms with E-state index >= 15 is 0 Å². The van der Waals surface area contributed by atoms with Crippen molar-refractivity contribution in [1.82, 2.24) is 15.5 Å². The van der Waals surface area contributed by atoms with Gasteiger partial charge >= 0.3 is 0 Å². The molecule has 2 aromatic heterocycles. The first-order chi connectivity index (χ1) is 11.3. The van der Waals surface area contributed by atoms with Crippen molar-refractivity contribution in [2.24, 2.45) is 0 Å². The second kappa shape index (κ2) is 7.55. The fourth-order valence-electron chi connectivity index (χ4n) is 1.89. The summed E-state index contributed by atoms with van der Waals surface area (Å²) in [6, 6.07) is 13.1. The third kappa shape index (κ3) is 4.40. The summed E-state index contributed by atoms with van der Waals surface area (Å²) in [5.74, 6) is 1.55. The molecule has 0 fully saturated rings. The number of hydrogen-bond donors (Lipinski definition) is 1. The summed E-state index contributed by atoms with van der Waals surface area (Å²) in [6.07, 6.45) is 0.482. The van der Waals surface area contributed by atoms with Crippen LogP contribution in [0.5, 0.6) is 5.75 Å². The van der Waals surface area contributed by atoms with Gasteiger partial charge in [0.2, 0.25) is 11.7 Å². The van der Waals surface area contributed by atoms with Crippen LogP contribution in [0.15, 0.2) is 52.4 Å². The molecule has 3 rings (SSSR count). The molecule has 0 unspecified atom stereocenters. The number of rotatable bonds is 7. The molecule has 2 heterocycles. The number of nitrogens with one attached hydrogen (secondary N) is 1. The Morgan fingerprint density at radius 2 is 2.09 bits per heavy atom. The van der Waals surface area contributed by atoms with Crippen molar-refractivity contribution in [1.29, 1.82) is 0 Å². The molecule has 0 radical (unpaired) electrons. The van der Waals surface area contributed by atoms with Crippen LogP contribution in [0.2, 0.25) is 0 Å². The molecular formula is C16H15N3O3S. The average molecular weight is 329 g/mol. The van der Waals surface area contributed by atoms with E-state index < -0.39 is 0 Å². The topological polar surface area (TPSA) is 77.2 Å². The molecule has 1 N–H and O–H groups in total. The van der Waals surface area contributed by atoms with E-state index in [1.165, 1.54) is 0 Å². The minimum absolute atomic E-state index is 0.0196. The molecule has 23 heavy (non-hydrogen) atoms. The third-order valence-corrected chi connectivity index (χ3v) is 3.85. The molecular weight excluding hydrogens is 314 g/mol. The Bertz CT molecular complexity index is 741. The van der Waals surface area contributed by atoms with E-state index in [2.05, 4.69) is 15.5 Å². The Morgan fingerprint density at radius 3 is 2.87 bits per heavy atom. The van der Waals surface area contributed by atoms with Gasteiger partial charge in [-0.2, -0.15) is 4.98 Å². The molecule has 3 aromatic rings. The fourth-order valence-corrected chi connectivity index (χ4v) is 2.54. The van der Waals surface area contributed by atoms with Crippen LogP contribution in [0.25, 0.3) is 10.7 Å². The van der Waals surface area contributed by atoms with Crippen molar-refractivity contribution in [3.63, 3.8) is 0 Å². The summed E-state index contributed by atoms with van der Waals surface area (Å²) in [6.45, 7) is 0.400. The van der Waals surface area contributed by atoms with Crippen molar-refractivity contribution < 1.29 is 14.1 Å². The molecule has 7 heteroatoms. The smallest absolute Gasteiger partial charge is 0.257 e. The summed E-state index contributed by atoms with van der Waals surface area (Å²) < 4.78 is 10.5. The molecule has 0 spiro atoms. The number of para-hydroxylation sites is 1. The van der Waals surface area contributed by atoms with Crippen molar-refractivity contribution in [2.75, 3.05) is 13.2 Å². The molecule has 6 nitrogen and oxygen atoms in total. The maximum atomic E-state index is 11.7. The van der Waals surface area contributed by atoms with Crippen LogP contribution in [0.1, 0.15) is 5.89 Å². The van der Waals surface area contributed by atoms with Crippen LogP contribution in [0.3, 0.4) is 0 Å². The summed E-state index contributed by atoms with van der Waals surface area (Å²) in [7, 11) is 0. The number of ether oxygens (including phenoxy) is 1. The Labute approximate surface area is 137 Å². The Hall–Kier alpha value is -2.67. The molecule has 0 saturated carbocycles. The van der Waals surface area contributed by atoms with Gasteiger partial charge in [-0.05, 0) is 23.6 Å². The molecule has 0 atom stereocenters. The van der Waals surface area contributed by atoms with Gasteiger partial charge in [-0.1, -0.05) is 29.4 Å². The monoisotopic (exact) mass is 329 g/mol. The second-order valence-electron chi connectivity index (χ2n) is 4.69. The number of thiophene rings is 1. The largest absolute Gasteiger partial charge is 0.484 e. The minimum Gasteiger partial charge on any atom is -0.484 e. The highest BCUT2D eigenvalue weighted by Crippen LogP contribution is 2.21. The van der Waals surface area contributed by atoms with Crippen molar-refractivity contribution in [3.05, 3.63) is 53.7 Å². The molecule has 0 bridgehead atoms. The van der Waals surface area contributed by atoms with Gasteiger partial charge in [-0.3, -0.25) is 4.79 Å². The second-order valence-corrected chi connectivity index (χ2v) is 5.64. The van der Waals surface area contributed by atoms with Crippen LogP contribution in [0, 0.1) is 0 Å². The lowest BCUT2D eigenvalue weighted by atomic mass is 10.3.